The zero-order valence-electron chi connectivity index (χ0n) is 13.8. The van der Waals surface area contributed by atoms with E-state index in [0.29, 0.717) is 25.5 Å². The van der Waals surface area contributed by atoms with Gasteiger partial charge in [-0.2, -0.15) is 13.2 Å². The van der Waals surface area contributed by atoms with Gasteiger partial charge < -0.3 is 14.8 Å². The van der Waals surface area contributed by atoms with E-state index in [1.165, 1.54) is 11.9 Å². The lowest BCUT2D eigenvalue weighted by atomic mass is 10.2. The second kappa shape index (κ2) is 7.54. The molecule has 136 valence electrons. The van der Waals surface area contributed by atoms with E-state index < -0.39 is 29.3 Å². The molecule has 0 saturated carbocycles. The van der Waals surface area contributed by atoms with Crippen molar-refractivity contribution in [2.24, 2.45) is 7.05 Å². The number of carbonyl (C=O) groups excluding carboxylic acids is 1. The van der Waals surface area contributed by atoms with Gasteiger partial charge in [-0.1, -0.05) is 6.07 Å². The van der Waals surface area contributed by atoms with Crippen LogP contribution in [-0.2, 0) is 19.6 Å². The maximum Gasteiger partial charge on any atom is 0.419 e. The number of halogens is 4. The molecule has 5 nitrogen and oxygen atoms in total. The summed E-state index contributed by atoms with van der Waals surface area (Å²) in [5, 5.41) is 2.17. The van der Waals surface area contributed by atoms with E-state index in [4.69, 9.17) is 0 Å². The summed E-state index contributed by atoms with van der Waals surface area (Å²) >= 11 is 0. The van der Waals surface area contributed by atoms with E-state index in [-0.39, 0.29) is 0 Å². The third kappa shape index (κ3) is 4.71. The summed E-state index contributed by atoms with van der Waals surface area (Å²) in [6.07, 6.45) is -0.0952. The SMILES string of the molecule is CN(CCCc1nccn1C)C(=O)Nc1cccc(C(F)(F)F)c1F. The van der Waals surface area contributed by atoms with Crippen molar-refractivity contribution >= 4 is 11.7 Å². The van der Waals surface area contributed by atoms with Gasteiger partial charge in [0.05, 0.1) is 11.3 Å². The molecule has 25 heavy (non-hydrogen) atoms. The van der Waals surface area contributed by atoms with Crippen LogP contribution in [0.3, 0.4) is 0 Å². The van der Waals surface area contributed by atoms with Crippen molar-refractivity contribution in [1.82, 2.24) is 14.5 Å². The molecule has 9 heteroatoms. The zero-order valence-corrected chi connectivity index (χ0v) is 13.8. The van der Waals surface area contributed by atoms with E-state index in [1.807, 2.05) is 17.8 Å². The van der Waals surface area contributed by atoms with E-state index in [1.54, 1.807) is 6.20 Å². The minimum Gasteiger partial charge on any atom is -0.338 e. The lowest BCUT2D eigenvalue weighted by Crippen LogP contribution is -2.33. The Morgan fingerprint density at radius 3 is 2.68 bits per heavy atom. The molecular formula is C16H18F4N4O. The zero-order chi connectivity index (χ0) is 18.6. The molecule has 0 radical (unpaired) electrons. The topological polar surface area (TPSA) is 50.2 Å². The summed E-state index contributed by atoms with van der Waals surface area (Å²) in [6.45, 7) is 0.347. The largest absolute Gasteiger partial charge is 0.419 e. The molecule has 0 unspecified atom stereocenters. The molecule has 0 saturated heterocycles. The normalized spacial score (nSPS) is 11.4. The molecule has 2 amide bonds. The van der Waals surface area contributed by atoms with Crippen molar-refractivity contribution in [2.45, 2.75) is 19.0 Å². The van der Waals surface area contributed by atoms with Gasteiger partial charge in [-0.15, -0.1) is 0 Å². The van der Waals surface area contributed by atoms with Gasteiger partial charge >= 0.3 is 12.2 Å². The number of rotatable bonds is 5. The highest BCUT2D eigenvalue weighted by molar-refractivity contribution is 5.89. The van der Waals surface area contributed by atoms with Gasteiger partial charge in [-0.25, -0.2) is 14.2 Å². The van der Waals surface area contributed by atoms with Crippen molar-refractivity contribution < 1.29 is 22.4 Å². The highest BCUT2D eigenvalue weighted by Gasteiger charge is 2.35. The molecule has 2 aromatic rings. The summed E-state index contributed by atoms with van der Waals surface area (Å²) in [5.74, 6) is -0.637. The number of aromatic nitrogens is 2. The molecule has 1 aromatic carbocycles. The van der Waals surface area contributed by atoms with Crippen molar-refractivity contribution in [3.63, 3.8) is 0 Å². The molecule has 0 atom stereocenters. The average molecular weight is 358 g/mol. The third-order valence-electron chi connectivity index (χ3n) is 3.71. The molecule has 0 bridgehead atoms. The number of nitrogens with zero attached hydrogens (tertiary/aromatic N) is 3. The second-order valence-electron chi connectivity index (χ2n) is 5.57. The monoisotopic (exact) mass is 358 g/mol. The molecule has 0 aliphatic carbocycles. The molecular weight excluding hydrogens is 340 g/mol. The van der Waals surface area contributed by atoms with Crippen molar-refractivity contribution in [3.8, 4) is 0 Å². The van der Waals surface area contributed by atoms with E-state index in [9.17, 15) is 22.4 Å². The smallest absolute Gasteiger partial charge is 0.338 e. The maximum atomic E-state index is 13.9. The summed E-state index contributed by atoms with van der Waals surface area (Å²) < 4.78 is 53.8. The molecule has 2 rings (SSSR count). The summed E-state index contributed by atoms with van der Waals surface area (Å²) in [6, 6.07) is 2.08. The third-order valence-corrected chi connectivity index (χ3v) is 3.71. The number of carbonyl (C=O) groups is 1. The van der Waals surface area contributed by atoms with E-state index in [2.05, 4.69) is 10.3 Å². The van der Waals surface area contributed by atoms with Crippen LogP contribution in [0.4, 0.5) is 28.0 Å². The minimum absolute atomic E-state index is 0.347. The number of benzene rings is 1. The molecule has 1 aromatic heterocycles. The van der Waals surface area contributed by atoms with Gasteiger partial charge in [-0.3, -0.25) is 0 Å². The quantitative estimate of drug-likeness (QED) is 0.829. The molecule has 0 aliphatic rings. The Balaban J connectivity index is 1.94. The van der Waals surface area contributed by atoms with Crippen molar-refractivity contribution in [2.75, 3.05) is 18.9 Å². The molecule has 1 N–H and O–H groups in total. The van der Waals surface area contributed by atoms with Crippen LogP contribution in [0.1, 0.15) is 17.8 Å². The molecule has 0 spiro atoms. The number of aryl methyl sites for hydroxylation is 2. The van der Waals surface area contributed by atoms with Crippen LogP contribution in [0.2, 0.25) is 0 Å². The van der Waals surface area contributed by atoms with Crippen LogP contribution < -0.4 is 5.32 Å². The Morgan fingerprint density at radius 2 is 2.08 bits per heavy atom. The van der Waals surface area contributed by atoms with Crippen LogP contribution >= 0.6 is 0 Å². The van der Waals surface area contributed by atoms with Gasteiger partial charge in [0.25, 0.3) is 0 Å². The lowest BCUT2D eigenvalue weighted by molar-refractivity contribution is -0.139. The number of amides is 2. The van der Waals surface area contributed by atoms with Gasteiger partial charge in [0.15, 0.2) is 5.82 Å². The predicted octanol–water partition coefficient (Wildman–Crippen LogP) is 3.67. The van der Waals surface area contributed by atoms with Gasteiger partial charge in [0, 0.05) is 39.5 Å². The van der Waals surface area contributed by atoms with Gasteiger partial charge in [-0.05, 0) is 18.6 Å². The summed E-state index contributed by atoms with van der Waals surface area (Å²) in [7, 11) is 3.34. The predicted molar refractivity (Wildman–Crippen MR) is 84.6 cm³/mol. The summed E-state index contributed by atoms with van der Waals surface area (Å²) in [4.78, 5) is 17.5. The van der Waals surface area contributed by atoms with Crippen LogP contribution in [0.15, 0.2) is 30.6 Å². The van der Waals surface area contributed by atoms with Crippen LogP contribution in [0, 0.1) is 5.82 Å². The number of hydrogen-bond donors (Lipinski definition) is 1. The van der Waals surface area contributed by atoms with E-state index >= 15 is 0 Å². The first-order valence-corrected chi connectivity index (χ1v) is 7.54. The Morgan fingerprint density at radius 1 is 1.36 bits per heavy atom. The maximum absolute atomic E-state index is 13.9. The highest BCUT2D eigenvalue weighted by atomic mass is 19.4. The van der Waals surface area contributed by atoms with Crippen molar-refractivity contribution in [1.29, 1.82) is 0 Å². The van der Waals surface area contributed by atoms with Crippen molar-refractivity contribution in [3.05, 3.63) is 47.8 Å². The Kier molecular flexibility index (Phi) is 5.66. The number of alkyl halides is 3. The fraction of sp³-hybridized carbons (Fsp3) is 0.375. The number of anilines is 1. The van der Waals surface area contributed by atoms with Crippen LogP contribution in [-0.4, -0.2) is 34.1 Å². The van der Waals surface area contributed by atoms with Crippen LogP contribution in [0.5, 0.6) is 0 Å². The number of hydrogen-bond acceptors (Lipinski definition) is 2. The van der Waals surface area contributed by atoms with Gasteiger partial charge in [0.2, 0.25) is 0 Å². The van der Waals surface area contributed by atoms with Crippen LogP contribution in [0.25, 0.3) is 0 Å². The number of imidazole rings is 1. The minimum atomic E-state index is -4.82. The highest BCUT2D eigenvalue weighted by Crippen LogP contribution is 2.33. The van der Waals surface area contributed by atoms with Gasteiger partial charge in [0.1, 0.15) is 5.82 Å². The average Bonchev–Trinajstić information content (AvgIpc) is 2.93. The first-order valence-electron chi connectivity index (χ1n) is 7.54. The Hall–Kier alpha value is -2.58. The first kappa shape index (κ1) is 18.8. The number of urea groups is 1. The second-order valence-corrected chi connectivity index (χ2v) is 5.57. The fourth-order valence-electron chi connectivity index (χ4n) is 2.27. The van der Waals surface area contributed by atoms with E-state index in [0.717, 1.165) is 18.0 Å². The summed E-state index contributed by atoms with van der Waals surface area (Å²) in [5.41, 5.74) is -1.92. The first-order chi connectivity index (χ1) is 11.7. The Bertz CT molecular complexity index is 742. The number of nitrogens with one attached hydrogen (secondary N) is 1. The lowest BCUT2D eigenvalue weighted by Gasteiger charge is -2.19. The fourth-order valence-corrected chi connectivity index (χ4v) is 2.27. The molecule has 0 fully saturated rings. The Labute approximate surface area is 142 Å². The molecule has 0 aliphatic heterocycles. The molecule has 1 heterocycles. The standard InChI is InChI=1S/C16H18F4N4O/c1-23-10-8-21-13(23)7-4-9-24(2)15(25)22-12-6-3-5-11(14(12)17)16(18,19)20/h3,5-6,8,10H,4,7,9H2,1-2H3,(H,22,25).